The molecule has 96 valence electrons. The van der Waals surface area contributed by atoms with Crippen LogP contribution < -0.4 is 0 Å². The number of hydrogen-bond acceptors (Lipinski definition) is 2. The molecule has 0 bridgehead atoms. The molecule has 0 aliphatic heterocycles. The summed E-state index contributed by atoms with van der Waals surface area (Å²) >= 11 is 0. The van der Waals surface area contributed by atoms with Crippen molar-refractivity contribution in [2.75, 3.05) is 0 Å². The number of fused-ring (bicyclic) bond motifs is 3. The molecule has 2 heterocycles. The fraction of sp³-hybridized carbons (Fsp3) is 0.0556. The Morgan fingerprint density at radius 2 is 1.75 bits per heavy atom. The van der Waals surface area contributed by atoms with E-state index in [0.717, 1.165) is 27.8 Å². The number of hydrogen-bond donors (Lipinski definition) is 0. The Hall–Kier alpha value is -2.61. The van der Waals surface area contributed by atoms with Gasteiger partial charge in [-0.1, -0.05) is 30.3 Å². The van der Waals surface area contributed by atoms with Crippen molar-refractivity contribution in [2.45, 2.75) is 6.92 Å². The minimum atomic E-state index is 0.921. The number of furan rings is 1. The van der Waals surface area contributed by atoms with Crippen LogP contribution in [0.5, 0.6) is 0 Å². The Labute approximate surface area is 116 Å². The summed E-state index contributed by atoms with van der Waals surface area (Å²) in [6, 6.07) is 18.3. The fourth-order valence-corrected chi connectivity index (χ4v) is 2.72. The molecule has 2 aromatic carbocycles. The van der Waals surface area contributed by atoms with Gasteiger partial charge >= 0.3 is 0 Å². The van der Waals surface area contributed by atoms with Gasteiger partial charge in [0.05, 0.1) is 5.69 Å². The predicted molar refractivity (Wildman–Crippen MR) is 81.7 cm³/mol. The largest absolute Gasteiger partial charge is 0.455 e. The molecule has 0 N–H and O–H groups in total. The Morgan fingerprint density at radius 3 is 2.60 bits per heavy atom. The number of nitrogens with zero attached hydrogens (tertiary/aromatic N) is 1. The van der Waals surface area contributed by atoms with Crippen LogP contribution in [0.25, 0.3) is 33.2 Å². The van der Waals surface area contributed by atoms with Gasteiger partial charge in [0, 0.05) is 22.5 Å². The van der Waals surface area contributed by atoms with Gasteiger partial charge in [-0.15, -0.1) is 0 Å². The molecule has 2 nitrogen and oxygen atoms in total. The second-order valence-electron chi connectivity index (χ2n) is 4.95. The van der Waals surface area contributed by atoms with Crippen LogP contribution in [0.15, 0.2) is 65.2 Å². The molecule has 0 aliphatic rings. The molecule has 0 fully saturated rings. The van der Waals surface area contributed by atoms with Crippen LogP contribution in [0.4, 0.5) is 0 Å². The van der Waals surface area contributed by atoms with Gasteiger partial charge in [0.1, 0.15) is 11.2 Å². The second-order valence-corrected chi connectivity index (χ2v) is 4.95. The lowest BCUT2D eigenvalue weighted by atomic mass is 10.0. The number of benzene rings is 2. The van der Waals surface area contributed by atoms with E-state index < -0.39 is 0 Å². The normalized spacial score (nSPS) is 11.2. The third kappa shape index (κ3) is 1.55. The second kappa shape index (κ2) is 4.20. The molecule has 0 saturated carbocycles. The molecule has 2 heteroatoms. The number of pyridine rings is 1. The van der Waals surface area contributed by atoms with E-state index in [1.165, 1.54) is 10.9 Å². The highest BCUT2D eigenvalue weighted by Gasteiger charge is 2.14. The van der Waals surface area contributed by atoms with E-state index in [4.69, 9.17) is 4.42 Å². The van der Waals surface area contributed by atoms with Crippen LogP contribution in [0.3, 0.4) is 0 Å². The van der Waals surface area contributed by atoms with E-state index in [1.54, 1.807) is 0 Å². The van der Waals surface area contributed by atoms with Gasteiger partial charge in [0.25, 0.3) is 0 Å². The number of para-hydroxylation sites is 1. The summed E-state index contributed by atoms with van der Waals surface area (Å²) in [6.45, 7) is 2.12. The highest BCUT2D eigenvalue weighted by molar-refractivity contribution is 6.10. The van der Waals surface area contributed by atoms with E-state index in [1.807, 2.05) is 42.6 Å². The Morgan fingerprint density at radius 1 is 0.900 bits per heavy atom. The zero-order valence-electron chi connectivity index (χ0n) is 11.1. The molecular formula is C18H13NO. The summed E-state index contributed by atoms with van der Waals surface area (Å²) in [6.07, 6.45) is 1.81. The van der Waals surface area contributed by atoms with Crippen LogP contribution in [0, 0.1) is 6.92 Å². The van der Waals surface area contributed by atoms with Gasteiger partial charge in [-0.2, -0.15) is 0 Å². The third-order valence-electron chi connectivity index (χ3n) is 3.68. The van der Waals surface area contributed by atoms with Crippen molar-refractivity contribution >= 4 is 21.9 Å². The quantitative estimate of drug-likeness (QED) is 0.483. The smallest absolute Gasteiger partial charge is 0.145 e. The monoisotopic (exact) mass is 259 g/mol. The van der Waals surface area contributed by atoms with Crippen molar-refractivity contribution < 1.29 is 4.42 Å². The lowest BCUT2D eigenvalue weighted by Crippen LogP contribution is -1.84. The fourth-order valence-electron chi connectivity index (χ4n) is 2.72. The maximum Gasteiger partial charge on any atom is 0.145 e. The summed E-state index contributed by atoms with van der Waals surface area (Å²) in [7, 11) is 0. The molecule has 4 rings (SSSR count). The van der Waals surface area contributed by atoms with Crippen LogP contribution in [0.1, 0.15) is 5.56 Å². The molecule has 0 amide bonds. The van der Waals surface area contributed by atoms with E-state index in [-0.39, 0.29) is 0 Å². The van der Waals surface area contributed by atoms with Crippen LogP contribution in [-0.4, -0.2) is 4.98 Å². The minimum Gasteiger partial charge on any atom is -0.455 e. The number of aryl methyl sites for hydroxylation is 1. The number of aromatic nitrogens is 1. The molecule has 0 atom stereocenters. The maximum atomic E-state index is 6.08. The van der Waals surface area contributed by atoms with Gasteiger partial charge in [-0.3, -0.25) is 4.98 Å². The first-order valence-corrected chi connectivity index (χ1v) is 6.67. The zero-order chi connectivity index (χ0) is 13.5. The van der Waals surface area contributed by atoms with Gasteiger partial charge in [0.15, 0.2) is 0 Å². The number of rotatable bonds is 1. The zero-order valence-corrected chi connectivity index (χ0v) is 11.1. The maximum absolute atomic E-state index is 6.08. The van der Waals surface area contributed by atoms with Crippen LogP contribution >= 0.6 is 0 Å². The molecular weight excluding hydrogens is 246 g/mol. The highest BCUT2D eigenvalue weighted by atomic mass is 16.3. The van der Waals surface area contributed by atoms with Crippen molar-refractivity contribution in [3.8, 4) is 11.3 Å². The Balaban J connectivity index is 2.16. The molecule has 0 aliphatic carbocycles. The molecule has 0 saturated heterocycles. The third-order valence-corrected chi connectivity index (χ3v) is 3.68. The molecule has 0 unspecified atom stereocenters. The SMILES string of the molecule is Cc1ccc(-c2ccccn2)c2oc3ccccc3c12. The van der Waals surface area contributed by atoms with Crippen molar-refractivity contribution in [2.24, 2.45) is 0 Å². The van der Waals surface area contributed by atoms with E-state index in [2.05, 4.69) is 30.1 Å². The summed E-state index contributed by atoms with van der Waals surface area (Å²) in [5, 5.41) is 2.35. The average Bonchev–Trinajstić information content (AvgIpc) is 2.88. The van der Waals surface area contributed by atoms with Crippen molar-refractivity contribution in [1.82, 2.24) is 4.98 Å². The minimum absolute atomic E-state index is 0.921. The average molecular weight is 259 g/mol. The Bertz CT molecular complexity index is 907. The predicted octanol–water partition coefficient (Wildman–Crippen LogP) is 4.96. The molecule has 0 spiro atoms. The van der Waals surface area contributed by atoms with Gasteiger partial charge in [-0.25, -0.2) is 0 Å². The standard InChI is InChI=1S/C18H13NO/c1-12-9-10-13(15-7-4-5-11-19-15)18-17(12)14-6-2-3-8-16(14)20-18/h2-11H,1H3. The van der Waals surface area contributed by atoms with Crippen molar-refractivity contribution in [1.29, 1.82) is 0 Å². The van der Waals surface area contributed by atoms with Gasteiger partial charge in [0.2, 0.25) is 0 Å². The first-order valence-electron chi connectivity index (χ1n) is 6.67. The van der Waals surface area contributed by atoms with E-state index >= 15 is 0 Å². The van der Waals surface area contributed by atoms with Crippen LogP contribution in [-0.2, 0) is 0 Å². The first-order chi connectivity index (χ1) is 9.84. The van der Waals surface area contributed by atoms with E-state index in [9.17, 15) is 0 Å². The van der Waals surface area contributed by atoms with E-state index in [0.29, 0.717) is 0 Å². The lowest BCUT2D eigenvalue weighted by molar-refractivity contribution is 0.669. The van der Waals surface area contributed by atoms with Crippen LogP contribution in [0.2, 0.25) is 0 Å². The molecule has 0 radical (unpaired) electrons. The highest BCUT2D eigenvalue weighted by Crippen LogP contribution is 2.36. The summed E-state index contributed by atoms with van der Waals surface area (Å²) in [5.74, 6) is 0. The Kier molecular flexibility index (Phi) is 2.36. The summed E-state index contributed by atoms with van der Waals surface area (Å²) < 4.78 is 6.08. The molecule has 20 heavy (non-hydrogen) atoms. The van der Waals surface area contributed by atoms with Crippen molar-refractivity contribution in [3.63, 3.8) is 0 Å². The summed E-state index contributed by atoms with van der Waals surface area (Å²) in [4.78, 5) is 4.44. The topological polar surface area (TPSA) is 26.0 Å². The first kappa shape index (κ1) is 11.2. The summed E-state index contributed by atoms with van der Waals surface area (Å²) in [5.41, 5.74) is 5.06. The lowest BCUT2D eigenvalue weighted by Gasteiger charge is -2.03. The van der Waals surface area contributed by atoms with Gasteiger partial charge < -0.3 is 4.42 Å². The molecule has 4 aromatic rings. The van der Waals surface area contributed by atoms with Gasteiger partial charge in [-0.05, 0) is 36.8 Å². The molecule has 2 aromatic heterocycles. The van der Waals surface area contributed by atoms with Crippen molar-refractivity contribution in [3.05, 3.63) is 66.4 Å².